The Kier molecular flexibility index (Phi) is 5.86. The van der Waals surface area contributed by atoms with Gasteiger partial charge in [0.05, 0.1) is 11.6 Å². The molecule has 1 unspecified atom stereocenters. The normalized spacial score (nSPS) is 24.7. The van der Waals surface area contributed by atoms with E-state index in [9.17, 15) is 4.79 Å². The summed E-state index contributed by atoms with van der Waals surface area (Å²) in [6.45, 7) is 6.08. The zero-order valence-corrected chi connectivity index (χ0v) is 14.8. The first-order valence-electron chi connectivity index (χ1n) is 8.90. The maximum atomic E-state index is 12.3. The lowest BCUT2D eigenvalue weighted by atomic mass is 10.0. The molecule has 3 rings (SSSR count). The van der Waals surface area contributed by atoms with Crippen LogP contribution in [0.3, 0.4) is 0 Å². The van der Waals surface area contributed by atoms with Gasteiger partial charge in [-0.05, 0) is 18.9 Å². The molecule has 2 aliphatic rings. The van der Waals surface area contributed by atoms with Gasteiger partial charge >= 0.3 is 0 Å². The Morgan fingerprint density at radius 3 is 2.79 bits per heavy atom. The van der Waals surface area contributed by atoms with Gasteiger partial charge in [0.15, 0.2) is 0 Å². The fourth-order valence-corrected chi connectivity index (χ4v) is 3.78. The molecule has 1 atom stereocenters. The highest BCUT2D eigenvalue weighted by atomic mass is 16.5. The van der Waals surface area contributed by atoms with E-state index in [2.05, 4.69) is 26.3 Å². The number of hydrogen-bond acceptors (Lipinski definition) is 5. The number of carbonyl (C=O) groups excluding carboxylic acids is 1. The number of rotatable bonds is 4. The van der Waals surface area contributed by atoms with Crippen molar-refractivity contribution < 1.29 is 9.53 Å². The van der Waals surface area contributed by atoms with Crippen LogP contribution < -0.4 is 5.32 Å². The second-order valence-corrected chi connectivity index (χ2v) is 6.87. The van der Waals surface area contributed by atoms with Gasteiger partial charge in [0, 0.05) is 72.3 Å². The third-order valence-electron chi connectivity index (χ3n) is 5.12. The zero-order valence-electron chi connectivity index (χ0n) is 14.8. The molecule has 0 bridgehead atoms. The maximum absolute atomic E-state index is 12.3. The van der Waals surface area contributed by atoms with Crippen molar-refractivity contribution in [3.63, 3.8) is 0 Å². The van der Waals surface area contributed by atoms with Crippen molar-refractivity contribution >= 4 is 5.91 Å². The predicted molar refractivity (Wildman–Crippen MR) is 91.5 cm³/mol. The third kappa shape index (κ3) is 4.34. The summed E-state index contributed by atoms with van der Waals surface area (Å²) >= 11 is 0. The van der Waals surface area contributed by atoms with Gasteiger partial charge in [-0.1, -0.05) is 0 Å². The molecule has 24 heavy (non-hydrogen) atoms. The molecule has 0 aromatic carbocycles. The van der Waals surface area contributed by atoms with Crippen LogP contribution in [-0.4, -0.2) is 78.0 Å². The van der Waals surface area contributed by atoms with Gasteiger partial charge in [-0.15, -0.1) is 0 Å². The Morgan fingerprint density at radius 2 is 2.12 bits per heavy atom. The summed E-state index contributed by atoms with van der Waals surface area (Å²) in [6.07, 6.45) is 4.11. The van der Waals surface area contributed by atoms with Gasteiger partial charge in [0.1, 0.15) is 0 Å². The molecule has 0 saturated carbocycles. The number of nitrogens with one attached hydrogen (secondary N) is 1. The average molecular weight is 335 g/mol. The molecule has 134 valence electrons. The van der Waals surface area contributed by atoms with E-state index in [-0.39, 0.29) is 11.8 Å². The minimum atomic E-state index is 0.00376. The van der Waals surface area contributed by atoms with Gasteiger partial charge < -0.3 is 10.1 Å². The number of ether oxygens (including phenoxy) is 1. The molecule has 0 spiro atoms. The standard InChI is InChI=1S/C17H29N5O2/c1-18-17(23)14-11-21(13-15-3-6-20(2)19-15)7-8-22(12-14)16-4-9-24-10-5-16/h3,6,14,16H,4-5,7-13H2,1-2H3,(H,18,23). The van der Waals surface area contributed by atoms with Gasteiger partial charge in [0.2, 0.25) is 5.91 Å². The summed E-state index contributed by atoms with van der Waals surface area (Å²) in [5, 5.41) is 7.32. The van der Waals surface area contributed by atoms with E-state index in [1.54, 1.807) is 7.05 Å². The molecule has 2 aliphatic heterocycles. The van der Waals surface area contributed by atoms with Gasteiger partial charge in [0.25, 0.3) is 0 Å². The summed E-state index contributed by atoms with van der Waals surface area (Å²) in [6, 6.07) is 2.59. The molecule has 7 nitrogen and oxygen atoms in total. The molecule has 1 N–H and O–H groups in total. The van der Waals surface area contributed by atoms with E-state index in [4.69, 9.17) is 4.74 Å². The molecular formula is C17H29N5O2. The average Bonchev–Trinajstić information content (AvgIpc) is 2.89. The predicted octanol–water partition coefficient (Wildman–Crippen LogP) is 0.0789. The van der Waals surface area contributed by atoms with Gasteiger partial charge in [-0.2, -0.15) is 5.10 Å². The number of carbonyl (C=O) groups is 1. The molecule has 3 heterocycles. The SMILES string of the molecule is CNC(=O)C1CN(Cc2ccn(C)n2)CCN(C2CCOCC2)C1. The maximum Gasteiger partial charge on any atom is 0.225 e. The van der Waals surface area contributed by atoms with Crippen LogP contribution in [0.15, 0.2) is 12.3 Å². The first-order chi connectivity index (χ1) is 11.7. The Morgan fingerprint density at radius 1 is 1.33 bits per heavy atom. The van der Waals surface area contributed by atoms with E-state index in [1.807, 2.05) is 17.9 Å². The lowest BCUT2D eigenvalue weighted by Gasteiger charge is -2.34. The Balaban J connectivity index is 1.67. The molecule has 1 amide bonds. The number of aromatic nitrogens is 2. The molecule has 1 aromatic heterocycles. The number of amides is 1. The van der Waals surface area contributed by atoms with Gasteiger partial charge in [-0.25, -0.2) is 0 Å². The molecule has 0 aliphatic carbocycles. The van der Waals surface area contributed by atoms with Crippen LogP contribution in [0.5, 0.6) is 0 Å². The van der Waals surface area contributed by atoms with Gasteiger partial charge in [-0.3, -0.25) is 19.3 Å². The molecule has 2 fully saturated rings. The Bertz CT molecular complexity index is 541. The minimum Gasteiger partial charge on any atom is -0.381 e. The summed E-state index contributed by atoms with van der Waals surface area (Å²) in [4.78, 5) is 17.2. The van der Waals surface area contributed by atoms with Crippen LogP contribution >= 0.6 is 0 Å². The smallest absolute Gasteiger partial charge is 0.225 e. The van der Waals surface area contributed by atoms with E-state index in [0.29, 0.717) is 6.04 Å². The molecule has 2 saturated heterocycles. The van der Waals surface area contributed by atoms with Crippen molar-refractivity contribution in [2.24, 2.45) is 13.0 Å². The summed E-state index contributed by atoms with van der Waals surface area (Å²) < 4.78 is 7.32. The topological polar surface area (TPSA) is 62.6 Å². The molecule has 1 aromatic rings. The first-order valence-corrected chi connectivity index (χ1v) is 8.90. The summed E-state index contributed by atoms with van der Waals surface area (Å²) in [7, 11) is 3.67. The van der Waals surface area contributed by atoms with Crippen LogP contribution in [-0.2, 0) is 23.1 Å². The highest BCUT2D eigenvalue weighted by Gasteiger charge is 2.31. The van der Waals surface area contributed by atoms with E-state index >= 15 is 0 Å². The third-order valence-corrected chi connectivity index (χ3v) is 5.12. The van der Waals surface area contributed by atoms with Crippen molar-refractivity contribution in [2.45, 2.75) is 25.4 Å². The van der Waals surface area contributed by atoms with Crippen LogP contribution in [0.1, 0.15) is 18.5 Å². The fraction of sp³-hybridized carbons (Fsp3) is 0.765. The zero-order chi connectivity index (χ0) is 16.9. The fourth-order valence-electron chi connectivity index (χ4n) is 3.78. The first kappa shape index (κ1) is 17.4. The Labute approximate surface area is 143 Å². The van der Waals surface area contributed by atoms with Crippen LogP contribution in [0, 0.1) is 5.92 Å². The molecule has 0 radical (unpaired) electrons. The quantitative estimate of drug-likeness (QED) is 0.844. The van der Waals surface area contributed by atoms with Crippen molar-refractivity contribution in [3.8, 4) is 0 Å². The summed E-state index contributed by atoms with van der Waals surface area (Å²) in [5.41, 5.74) is 1.06. The van der Waals surface area contributed by atoms with Crippen molar-refractivity contribution in [2.75, 3.05) is 46.4 Å². The second-order valence-electron chi connectivity index (χ2n) is 6.87. The lowest BCUT2D eigenvalue weighted by molar-refractivity contribution is -0.125. The van der Waals surface area contributed by atoms with Crippen LogP contribution in [0.2, 0.25) is 0 Å². The molecular weight excluding hydrogens is 306 g/mol. The van der Waals surface area contributed by atoms with Crippen LogP contribution in [0.25, 0.3) is 0 Å². The largest absolute Gasteiger partial charge is 0.381 e. The van der Waals surface area contributed by atoms with Crippen LogP contribution in [0.4, 0.5) is 0 Å². The lowest BCUT2D eigenvalue weighted by Crippen LogP contribution is -2.45. The molecule has 7 heteroatoms. The highest BCUT2D eigenvalue weighted by Crippen LogP contribution is 2.20. The summed E-state index contributed by atoms with van der Waals surface area (Å²) in [5.74, 6) is 0.143. The van der Waals surface area contributed by atoms with Crippen molar-refractivity contribution in [3.05, 3.63) is 18.0 Å². The number of nitrogens with zero attached hydrogens (tertiary/aromatic N) is 4. The van der Waals surface area contributed by atoms with Crippen molar-refractivity contribution in [1.29, 1.82) is 0 Å². The Hall–Kier alpha value is -1.44. The monoisotopic (exact) mass is 335 g/mol. The minimum absolute atomic E-state index is 0.00376. The van der Waals surface area contributed by atoms with E-state index in [1.165, 1.54) is 0 Å². The highest BCUT2D eigenvalue weighted by molar-refractivity contribution is 5.78. The van der Waals surface area contributed by atoms with E-state index in [0.717, 1.165) is 64.5 Å². The van der Waals surface area contributed by atoms with Crippen molar-refractivity contribution in [1.82, 2.24) is 24.9 Å². The second kappa shape index (κ2) is 8.09. The number of hydrogen-bond donors (Lipinski definition) is 1. The van der Waals surface area contributed by atoms with E-state index < -0.39 is 0 Å². The number of aryl methyl sites for hydroxylation is 1.